The first-order valence-corrected chi connectivity index (χ1v) is 7.60. The zero-order valence-corrected chi connectivity index (χ0v) is 13.2. The van der Waals surface area contributed by atoms with Crippen molar-refractivity contribution < 1.29 is 9.59 Å². The van der Waals surface area contributed by atoms with E-state index in [1.165, 1.54) is 0 Å². The lowest BCUT2D eigenvalue weighted by Gasteiger charge is -2.22. The molecule has 2 rings (SSSR count). The Morgan fingerprint density at radius 3 is 2.52 bits per heavy atom. The van der Waals surface area contributed by atoms with Crippen LogP contribution in [0.5, 0.6) is 0 Å². The second-order valence-corrected chi connectivity index (χ2v) is 5.59. The number of hydrogen-bond acceptors (Lipinski definition) is 3. The smallest absolute Gasteiger partial charge is 0.254 e. The Balaban J connectivity index is 2.08. The van der Waals surface area contributed by atoms with Crippen molar-refractivity contribution in [2.75, 3.05) is 26.2 Å². The molecule has 1 saturated heterocycles. The molecule has 1 aromatic heterocycles. The van der Waals surface area contributed by atoms with Crippen molar-refractivity contribution in [3.8, 4) is 0 Å². The van der Waals surface area contributed by atoms with Crippen molar-refractivity contribution in [3.05, 3.63) is 28.5 Å². The summed E-state index contributed by atoms with van der Waals surface area (Å²) in [4.78, 5) is 32.0. The number of pyridine rings is 1. The Kier molecular flexibility index (Phi) is 5.17. The molecule has 1 aromatic rings. The summed E-state index contributed by atoms with van der Waals surface area (Å²) in [6, 6.07) is 3.34. The summed E-state index contributed by atoms with van der Waals surface area (Å²) in [5, 5.41) is 0.330. The highest BCUT2D eigenvalue weighted by molar-refractivity contribution is 6.29. The summed E-state index contributed by atoms with van der Waals surface area (Å²) in [6.45, 7) is 6.20. The Hall–Kier alpha value is -1.62. The average molecular weight is 310 g/mol. The van der Waals surface area contributed by atoms with E-state index in [9.17, 15) is 9.59 Å². The third kappa shape index (κ3) is 3.94. The predicted molar refractivity (Wildman–Crippen MR) is 81.4 cm³/mol. The van der Waals surface area contributed by atoms with Gasteiger partial charge in [-0.05, 0) is 25.5 Å². The Morgan fingerprint density at radius 1 is 1.19 bits per heavy atom. The minimum atomic E-state index is -0.0480. The fraction of sp³-hybridized carbons (Fsp3) is 0.533. The quantitative estimate of drug-likeness (QED) is 0.786. The van der Waals surface area contributed by atoms with Gasteiger partial charge in [0.2, 0.25) is 5.91 Å². The molecule has 114 valence electrons. The van der Waals surface area contributed by atoms with E-state index in [1.54, 1.807) is 17.0 Å². The van der Waals surface area contributed by atoms with Crippen LogP contribution >= 0.6 is 11.6 Å². The van der Waals surface area contributed by atoms with Gasteiger partial charge < -0.3 is 9.80 Å². The zero-order chi connectivity index (χ0) is 15.4. The number of rotatable bonds is 2. The van der Waals surface area contributed by atoms with Gasteiger partial charge in [-0.3, -0.25) is 9.59 Å². The summed E-state index contributed by atoms with van der Waals surface area (Å²) in [5.41, 5.74) is 1.28. The van der Waals surface area contributed by atoms with E-state index in [0.29, 0.717) is 43.3 Å². The fourth-order valence-electron chi connectivity index (χ4n) is 2.53. The lowest BCUT2D eigenvalue weighted by molar-refractivity contribution is -0.130. The number of hydrogen-bond donors (Lipinski definition) is 0. The number of carbonyl (C=O) groups is 2. The Bertz CT molecular complexity index is 527. The number of carbonyl (C=O) groups excluding carboxylic acids is 2. The van der Waals surface area contributed by atoms with Gasteiger partial charge in [0, 0.05) is 43.9 Å². The molecule has 1 fully saturated rings. The number of halogens is 1. The van der Waals surface area contributed by atoms with Crippen LogP contribution in [0.1, 0.15) is 35.8 Å². The molecule has 0 atom stereocenters. The first-order chi connectivity index (χ1) is 10.0. The van der Waals surface area contributed by atoms with Gasteiger partial charge in [-0.15, -0.1) is 0 Å². The van der Waals surface area contributed by atoms with Gasteiger partial charge >= 0.3 is 0 Å². The van der Waals surface area contributed by atoms with Crippen LogP contribution in [0.25, 0.3) is 0 Å². The summed E-state index contributed by atoms with van der Waals surface area (Å²) >= 11 is 5.91. The van der Waals surface area contributed by atoms with Crippen molar-refractivity contribution in [3.63, 3.8) is 0 Å². The zero-order valence-electron chi connectivity index (χ0n) is 12.4. The van der Waals surface area contributed by atoms with E-state index in [0.717, 1.165) is 12.1 Å². The van der Waals surface area contributed by atoms with Crippen molar-refractivity contribution >= 4 is 23.4 Å². The molecule has 1 aliphatic heterocycles. The summed E-state index contributed by atoms with van der Waals surface area (Å²) in [7, 11) is 0. The summed E-state index contributed by atoms with van der Waals surface area (Å²) in [5.74, 6) is 0.0975. The van der Waals surface area contributed by atoms with Crippen LogP contribution < -0.4 is 0 Å². The van der Waals surface area contributed by atoms with Gasteiger partial charge in [0.05, 0.1) is 0 Å². The van der Waals surface area contributed by atoms with E-state index in [2.05, 4.69) is 4.98 Å². The third-order valence-corrected chi connectivity index (χ3v) is 3.80. The molecule has 0 bridgehead atoms. The number of aromatic nitrogens is 1. The highest BCUT2D eigenvalue weighted by Gasteiger charge is 2.22. The van der Waals surface area contributed by atoms with Crippen LogP contribution in [0.15, 0.2) is 12.1 Å². The molecular weight excluding hydrogens is 290 g/mol. The van der Waals surface area contributed by atoms with Crippen molar-refractivity contribution in [2.45, 2.75) is 26.7 Å². The molecule has 0 N–H and O–H groups in total. The highest BCUT2D eigenvalue weighted by Crippen LogP contribution is 2.14. The fourth-order valence-corrected chi connectivity index (χ4v) is 2.78. The molecule has 0 saturated carbocycles. The largest absolute Gasteiger partial charge is 0.341 e. The van der Waals surface area contributed by atoms with Gasteiger partial charge in [-0.2, -0.15) is 0 Å². The highest BCUT2D eigenvalue weighted by atomic mass is 35.5. The molecule has 0 aromatic carbocycles. The molecule has 21 heavy (non-hydrogen) atoms. The Morgan fingerprint density at radius 2 is 1.86 bits per heavy atom. The molecule has 2 heterocycles. The molecule has 2 amide bonds. The predicted octanol–water partition coefficient (Wildman–Crippen LogP) is 2.13. The maximum absolute atomic E-state index is 12.5. The molecule has 0 unspecified atom stereocenters. The minimum absolute atomic E-state index is 0.0480. The first kappa shape index (κ1) is 15.8. The maximum atomic E-state index is 12.5. The van der Waals surface area contributed by atoms with E-state index in [1.807, 2.05) is 18.7 Å². The standard InChI is InChI=1S/C15H20ClN3O2/c1-3-14(20)18-5-4-6-19(8-7-18)15(21)12-9-11(2)17-13(16)10-12/h9-10H,3-8H2,1-2H3. The van der Waals surface area contributed by atoms with Crippen molar-refractivity contribution in [2.24, 2.45) is 0 Å². The summed E-state index contributed by atoms with van der Waals surface area (Å²) < 4.78 is 0. The average Bonchev–Trinajstić information content (AvgIpc) is 2.70. The molecule has 6 heteroatoms. The lowest BCUT2D eigenvalue weighted by Crippen LogP contribution is -2.37. The van der Waals surface area contributed by atoms with Gasteiger partial charge in [0.1, 0.15) is 5.15 Å². The molecule has 5 nitrogen and oxygen atoms in total. The number of nitrogens with zero attached hydrogens (tertiary/aromatic N) is 3. The lowest BCUT2D eigenvalue weighted by atomic mass is 10.2. The van der Waals surface area contributed by atoms with Crippen LogP contribution in [-0.2, 0) is 4.79 Å². The van der Waals surface area contributed by atoms with Crippen LogP contribution in [0.3, 0.4) is 0 Å². The van der Waals surface area contributed by atoms with Gasteiger partial charge in [-0.25, -0.2) is 4.98 Å². The maximum Gasteiger partial charge on any atom is 0.254 e. The molecular formula is C15H20ClN3O2. The topological polar surface area (TPSA) is 53.5 Å². The SMILES string of the molecule is CCC(=O)N1CCCN(C(=O)c2cc(C)nc(Cl)c2)CC1. The molecule has 0 spiro atoms. The van der Waals surface area contributed by atoms with E-state index >= 15 is 0 Å². The van der Waals surface area contributed by atoms with Crippen molar-refractivity contribution in [1.82, 2.24) is 14.8 Å². The normalized spacial score (nSPS) is 15.8. The number of amides is 2. The molecule has 1 aliphatic rings. The second-order valence-electron chi connectivity index (χ2n) is 5.20. The van der Waals surface area contributed by atoms with Crippen molar-refractivity contribution in [1.29, 1.82) is 0 Å². The third-order valence-electron chi connectivity index (χ3n) is 3.61. The number of aryl methyl sites for hydroxylation is 1. The second kappa shape index (κ2) is 6.89. The monoisotopic (exact) mass is 309 g/mol. The van der Waals surface area contributed by atoms with Gasteiger partial charge in [-0.1, -0.05) is 18.5 Å². The van der Waals surface area contributed by atoms with E-state index in [4.69, 9.17) is 11.6 Å². The van der Waals surface area contributed by atoms with Gasteiger partial charge in [0.15, 0.2) is 0 Å². The first-order valence-electron chi connectivity index (χ1n) is 7.22. The van der Waals surface area contributed by atoms with E-state index < -0.39 is 0 Å². The Labute approximate surface area is 129 Å². The van der Waals surface area contributed by atoms with Crippen LogP contribution in [0.2, 0.25) is 5.15 Å². The minimum Gasteiger partial charge on any atom is -0.341 e. The molecule has 0 radical (unpaired) electrons. The molecule has 0 aliphatic carbocycles. The van der Waals surface area contributed by atoms with E-state index in [-0.39, 0.29) is 11.8 Å². The van der Waals surface area contributed by atoms with Gasteiger partial charge in [0.25, 0.3) is 5.91 Å². The summed E-state index contributed by atoms with van der Waals surface area (Å²) in [6.07, 6.45) is 1.31. The van der Waals surface area contributed by atoms with Crippen LogP contribution in [0, 0.1) is 6.92 Å². The van der Waals surface area contributed by atoms with Crippen LogP contribution in [-0.4, -0.2) is 52.8 Å². The van der Waals surface area contributed by atoms with Crippen LogP contribution in [0.4, 0.5) is 0 Å².